The average Bonchev–Trinajstić information content (AvgIpc) is 2.90. The van der Waals surface area contributed by atoms with E-state index in [1.54, 1.807) is 16.2 Å². The molecule has 1 aromatic rings. The Kier molecular flexibility index (Phi) is 5.28. The number of hydrogen-bond donors (Lipinski definition) is 0. The molecular formula is C18H25P. The van der Waals surface area contributed by atoms with E-state index < -0.39 is 0 Å². The van der Waals surface area contributed by atoms with Crippen molar-refractivity contribution in [2.45, 2.75) is 51.6 Å². The highest BCUT2D eigenvalue weighted by molar-refractivity contribution is 7.50. The quantitative estimate of drug-likeness (QED) is 0.396. The lowest BCUT2D eigenvalue weighted by atomic mass is 10.2. The van der Waals surface area contributed by atoms with Gasteiger partial charge in [0.2, 0.25) is 0 Å². The number of allylic oxidation sites excluding steroid dienone is 3. The molecule has 1 heteroatoms. The molecule has 0 amide bonds. The van der Waals surface area contributed by atoms with E-state index in [9.17, 15) is 0 Å². The second kappa shape index (κ2) is 6.96. The first-order chi connectivity index (χ1) is 9.30. The van der Waals surface area contributed by atoms with Gasteiger partial charge in [0.15, 0.2) is 0 Å². The molecule has 1 aliphatic carbocycles. The van der Waals surface area contributed by atoms with Crippen LogP contribution in [0, 0.1) is 0 Å². The Labute approximate surface area is 119 Å². The van der Waals surface area contributed by atoms with Crippen LogP contribution in [0.4, 0.5) is 0 Å². The van der Waals surface area contributed by atoms with Crippen molar-refractivity contribution in [1.29, 1.82) is 0 Å². The van der Waals surface area contributed by atoms with Crippen molar-refractivity contribution < 1.29 is 0 Å². The van der Waals surface area contributed by atoms with Crippen molar-refractivity contribution in [3.63, 3.8) is 0 Å². The minimum Gasteiger partial charge on any atom is -0.117 e. The highest BCUT2D eigenvalue weighted by atomic mass is 31.1. The minimum atomic E-state index is -0.0207. The molecule has 0 aliphatic heterocycles. The summed E-state index contributed by atoms with van der Waals surface area (Å²) in [7, 11) is -0.0207. The van der Waals surface area contributed by atoms with E-state index in [0.717, 1.165) is 12.8 Å². The maximum atomic E-state index is 3.92. The van der Waals surface area contributed by atoms with Crippen LogP contribution >= 0.6 is 7.53 Å². The Morgan fingerprint density at radius 3 is 2.68 bits per heavy atom. The minimum absolute atomic E-state index is 0.0207. The lowest BCUT2D eigenvalue weighted by Crippen LogP contribution is -1.84. The molecule has 1 aliphatic rings. The lowest BCUT2D eigenvalue weighted by molar-refractivity contribution is 0.753. The first-order valence-electron chi connectivity index (χ1n) is 7.42. The van der Waals surface area contributed by atoms with Gasteiger partial charge < -0.3 is 0 Å². The first-order valence-corrected chi connectivity index (χ1v) is 8.95. The van der Waals surface area contributed by atoms with Gasteiger partial charge in [0, 0.05) is 0 Å². The molecule has 0 saturated heterocycles. The van der Waals surface area contributed by atoms with E-state index in [1.807, 2.05) is 6.08 Å². The highest BCUT2D eigenvalue weighted by Crippen LogP contribution is 2.49. The summed E-state index contributed by atoms with van der Waals surface area (Å²) >= 11 is 0. The fraction of sp³-hybridized carbons (Fsp3) is 0.444. The monoisotopic (exact) mass is 272 g/mol. The van der Waals surface area contributed by atoms with Gasteiger partial charge in [-0.3, -0.25) is 0 Å². The van der Waals surface area contributed by atoms with E-state index in [4.69, 9.17) is 0 Å². The van der Waals surface area contributed by atoms with Gasteiger partial charge in [0.05, 0.1) is 0 Å². The van der Waals surface area contributed by atoms with Gasteiger partial charge in [0.1, 0.15) is 0 Å². The maximum absolute atomic E-state index is 3.92. The van der Waals surface area contributed by atoms with Gasteiger partial charge in [0.25, 0.3) is 0 Å². The third-order valence-corrected chi connectivity index (χ3v) is 6.66. The molecule has 0 saturated carbocycles. The van der Waals surface area contributed by atoms with E-state index in [2.05, 4.69) is 38.3 Å². The standard InChI is InChI=1S/C18H25P/c1-4-7-8-11-19-17(10-6-3)14-16-12-15(9-5-2)13-18(16)19/h5-6,12,14H,2-4,7-11,13H2,1H3. The summed E-state index contributed by atoms with van der Waals surface area (Å²) in [5.41, 5.74) is 3.08. The third-order valence-electron chi connectivity index (χ3n) is 3.83. The SMILES string of the molecule is C=CCC1=Cc2cc(CC=C)p(CCCCC)c2C1. The van der Waals surface area contributed by atoms with Crippen LogP contribution in [0.3, 0.4) is 0 Å². The summed E-state index contributed by atoms with van der Waals surface area (Å²) in [6.07, 6.45) is 15.3. The molecule has 102 valence electrons. The Balaban J connectivity index is 2.19. The molecule has 0 aromatic carbocycles. The van der Waals surface area contributed by atoms with Crippen LogP contribution in [0.25, 0.3) is 6.08 Å². The van der Waals surface area contributed by atoms with Crippen LogP contribution < -0.4 is 0 Å². The molecular weight excluding hydrogens is 247 g/mol. The molecule has 2 rings (SSSR count). The molecule has 0 spiro atoms. The zero-order valence-corrected chi connectivity index (χ0v) is 13.0. The maximum Gasteiger partial charge on any atom is -0.00170 e. The Bertz CT molecular complexity index is 488. The summed E-state index contributed by atoms with van der Waals surface area (Å²) in [6, 6.07) is 2.45. The molecule has 0 bridgehead atoms. The molecule has 1 unspecified atom stereocenters. The van der Waals surface area contributed by atoms with Crippen molar-refractivity contribution in [3.05, 3.63) is 53.1 Å². The largest absolute Gasteiger partial charge is 0.117 e. The van der Waals surface area contributed by atoms with Gasteiger partial charge in [-0.2, -0.15) is 0 Å². The molecule has 0 radical (unpaired) electrons. The molecule has 0 N–H and O–H groups in total. The fourth-order valence-electron chi connectivity index (χ4n) is 2.91. The highest BCUT2D eigenvalue weighted by Gasteiger charge is 2.19. The van der Waals surface area contributed by atoms with Crippen LogP contribution in [-0.4, -0.2) is 0 Å². The smallest absolute Gasteiger partial charge is 0.00170 e. The molecule has 1 heterocycles. The lowest BCUT2D eigenvalue weighted by Gasteiger charge is -2.08. The van der Waals surface area contributed by atoms with Crippen molar-refractivity contribution in [3.8, 4) is 0 Å². The number of hydrogen-bond acceptors (Lipinski definition) is 0. The third kappa shape index (κ3) is 3.31. The van der Waals surface area contributed by atoms with E-state index >= 15 is 0 Å². The van der Waals surface area contributed by atoms with Crippen molar-refractivity contribution in [2.24, 2.45) is 0 Å². The normalized spacial score (nSPS) is 14.2. The summed E-state index contributed by atoms with van der Waals surface area (Å²) in [5.74, 6) is 0. The summed E-state index contributed by atoms with van der Waals surface area (Å²) < 4.78 is 0. The van der Waals surface area contributed by atoms with E-state index in [1.165, 1.54) is 37.4 Å². The molecule has 1 aromatic heterocycles. The Hall–Kier alpha value is -1.000. The zero-order chi connectivity index (χ0) is 13.7. The summed E-state index contributed by atoms with van der Waals surface area (Å²) in [5, 5.41) is 3.39. The topological polar surface area (TPSA) is 0 Å². The number of unbranched alkanes of at least 4 members (excludes halogenated alkanes) is 2. The van der Waals surface area contributed by atoms with Crippen LogP contribution in [0.5, 0.6) is 0 Å². The molecule has 1 atom stereocenters. The average molecular weight is 272 g/mol. The van der Waals surface area contributed by atoms with Gasteiger partial charge in [-0.25, -0.2) is 0 Å². The van der Waals surface area contributed by atoms with E-state index in [-0.39, 0.29) is 7.53 Å². The van der Waals surface area contributed by atoms with Crippen LogP contribution in [0.2, 0.25) is 0 Å². The van der Waals surface area contributed by atoms with Gasteiger partial charge in [-0.15, -0.1) is 20.7 Å². The Morgan fingerprint density at radius 2 is 2.00 bits per heavy atom. The fourth-order valence-corrected chi connectivity index (χ4v) is 5.83. The molecule has 0 nitrogen and oxygen atoms in total. The molecule has 0 fully saturated rings. The number of rotatable bonds is 8. The van der Waals surface area contributed by atoms with Gasteiger partial charge >= 0.3 is 0 Å². The van der Waals surface area contributed by atoms with Gasteiger partial charge in [-0.05, 0) is 54.1 Å². The second-order valence-electron chi connectivity index (χ2n) is 5.36. The number of fused-ring (bicyclic) bond motifs is 1. The summed E-state index contributed by atoms with van der Waals surface area (Å²) in [4.78, 5) is 0. The van der Waals surface area contributed by atoms with Crippen molar-refractivity contribution in [1.82, 2.24) is 0 Å². The van der Waals surface area contributed by atoms with Gasteiger partial charge in [-0.1, -0.05) is 43.6 Å². The second-order valence-corrected chi connectivity index (χ2v) is 7.78. The Morgan fingerprint density at radius 1 is 1.21 bits per heavy atom. The van der Waals surface area contributed by atoms with Crippen LogP contribution in [0.15, 0.2) is 36.9 Å². The van der Waals surface area contributed by atoms with Crippen LogP contribution in [-0.2, 0) is 19.0 Å². The van der Waals surface area contributed by atoms with Crippen molar-refractivity contribution in [2.75, 3.05) is 0 Å². The van der Waals surface area contributed by atoms with Crippen molar-refractivity contribution >= 4 is 13.6 Å². The molecule has 19 heavy (non-hydrogen) atoms. The van der Waals surface area contributed by atoms with Crippen LogP contribution in [0.1, 0.15) is 48.8 Å². The predicted molar refractivity (Wildman–Crippen MR) is 89.1 cm³/mol. The van der Waals surface area contributed by atoms with E-state index in [0.29, 0.717) is 0 Å². The zero-order valence-electron chi connectivity index (χ0n) is 12.1. The summed E-state index contributed by atoms with van der Waals surface area (Å²) in [6.45, 7) is 10.1. The first kappa shape index (κ1) is 14.4. The predicted octanol–water partition coefficient (Wildman–Crippen LogP) is 6.11.